The van der Waals surface area contributed by atoms with Gasteiger partial charge in [0.1, 0.15) is 29.1 Å². The molecule has 2 aromatic carbocycles. The highest BCUT2D eigenvalue weighted by atomic mass is 16.6. The van der Waals surface area contributed by atoms with Crippen LogP contribution in [0.15, 0.2) is 67.5 Å². The van der Waals surface area contributed by atoms with Gasteiger partial charge in [-0.2, -0.15) is 0 Å². The third kappa shape index (κ3) is 4.44. The summed E-state index contributed by atoms with van der Waals surface area (Å²) in [5.74, 6) is 1.15. The molecule has 0 spiro atoms. The number of hydrogen-bond acceptors (Lipinski definition) is 7. The van der Waals surface area contributed by atoms with E-state index in [-0.39, 0.29) is 11.3 Å². The molecule has 0 bridgehead atoms. The standard InChI is InChI=1S/C23H22N6O5/c1-27-8-7-25-22(27)21(16-10-17(33-2)13-18(11-16)34-3)26-23(30)15-4-5-19(20(12-15)29(31)32)28-9-6-24-14-28/h4-14,21H,1-3H3,(H,26,30). The molecule has 1 N–H and O–H groups in total. The van der Waals surface area contributed by atoms with Crippen molar-refractivity contribution in [3.63, 3.8) is 0 Å². The van der Waals surface area contributed by atoms with E-state index in [2.05, 4.69) is 15.3 Å². The van der Waals surface area contributed by atoms with Crippen molar-refractivity contribution in [2.24, 2.45) is 7.05 Å². The number of carbonyl (C=O) groups excluding carboxylic acids is 1. The average Bonchev–Trinajstić information content (AvgIpc) is 3.53. The van der Waals surface area contributed by atoms with Gasteiger partial charge in [0.15, 0.2) is 0 Å². The lowest BCUT2D eigenvalue weighted by Crippen LogP contribution is -2.31. The fraction of sp³-hybridized carbons (Fsp3) is 0.174. The van der Waals surface area contributed by atoms with Crippen LogP contribution in [0.5, 0.6) is 11.5 Å². The molecule has 1 unspecified atom stereocenters. The fourth-order valence-corrected chi connectivity index (χ4v) is 3.59. The van der Waals surface area contributed by atoms with Crippen molar-refractivity contribution in [1.82, 2.24) is 24.4 Å². The van der Waals surface area contributed by atoms with E-state index >= 15 is 0 Å². The average molecular weight is 462 g/mol. The van der Waals surface area contributed by atoms with Gasteiger partial charge in [-0.1, -0.05) is 0 Å². The number of aryl methyl sites for hydroxylation is 1. The minimum absolute atomic E-state index is 0.129. The molecule has 0 fully saturated rings. The minimum Gasteiger partial charge on any atom is -0.497 e. The van der Waals surface area contributed by atoms with Crippen LogP contribution in [0.25, 0.3) is 5.69 Å². The van der Waals surface area contributed by atoms with Crippen LogP contribution in [0, 0.1) is 10.1 Å². The number of ether oxygens (including phenoxy) is 2. The molecule has 4 aromatic rings. The largest absolute Gasteiger partial charge is 0.497 e. The summed E-state index contributed by atoms with van der Waals surface area (Å²) in [5, 5.41) is 14.6. The number of imidazole rings is 2. The van der Waals surface area contributed by atoms with Gasteiger partial charge in [-0.05, 0) is 29.8 Å². The van der Waals surface area contributed by atoms with E-state index in [4.69, 9.17) is 9.47 Å². The highest BCUT2D eigenvalue weighted by molar-refractivity contribution is 5.95. The molecule has 2 aromatic heterocycles. The Morgan fingerprint density at radius 2 is 1.82 bits per heavy atom. The number of methoxy groups -OCH3 is 2. The highest BCUT2D eigenvalue weighted by Gasteiger charge is 2.25. The predicted octanol–water partition coefficient (Wildman–Crippen LogP) is 3.05. The summed E-state index contributed by atoms with van der Waals surface area (Å²) in [6.07, 6.45) is 7.95. The number of benzene rings is 2. The molecule has 11 heteroatoms. The zero-order valence-corrected chi connectivity index (χ0v) is 18.7. The first-order chi connectivity index (χ1) is 16.4. The van der Waals surface area contributed by atoms with E-state index in [1.807, 2.05) is 7.05 Å². The summed E-state index contributed by atoms with van der Waals surface area (Å²) in [5.41, 5.74) is 0.882. The lowest BCUT2D eigenvalue weighted by Gasteiger charge is -2.20. The molecule has 2 heterocycles. The van der Waals surface area contributed by atoms with Gasteiger partial charge < -0.3 is 23.9 Å². The van der Waals surface area contributed by atoms with Gasteiger partial charge in [-0.3, -0.25) is 14.9 Å². The Morgan fingerprint density at radius 1 is 1.09 bits per heavy atom. The number of nitrogens with one attached hydrogen (secondary N) is 1. The van der Waals surface area contributed by atoms with Crippen molar-refractivity contribution < 1.29 is 19.2 Å². The first kappa shape index (κ1) is 22.5. The Labute approximate surface area is 194 Å². The molecule has 4 rings (SSSR count). The topological polar surface area (TPSA) is 126 Å². The SMILES string of the molecule is COc1cc(OC)cc(C(NC(=O)c2ccc(-n3ccnc3)c([N+](=O)[O-])c2)c2nccn2C)c1. The maximum absolute atomic E-state index is 13.3. The molecule has 34 heavy (non-hydrogen) atoms. The van der Waals surface area contributed by atoms with Gasteiger partial charge in [-0.15, -0.1) is 0 Å². The second-order valence-electron chi connectivity index (χ2n) is 7.38. The maximum Gasteiger partial charge on any atom is 0.294 e. The summed E-state index contributed by atoms with van der Waals surface area (Å²) in [6.45, 7) is 0. The van der Waals surface area contributed by atoms with Crippen molar-refractivity contribution in [1.29, 1.82) is 0 Å². The first-order valence-corrected chi connectivity index (χ1v) is 10.2. The molecule has 174 valence electrons. The zero-order chi connectivity index (χ0) is 24.2. The van der Waals surface area contributed by atoms with Gasteiger partial charge in [0.2, 0.25) is 0 Å². The Kier molecular flexibility index (Phi) is 6.26. The molecule has 0 aliphatic carbocycles. The normalized spacial score (nSPS) is 11.6. The van der Waals surface area contributed by atoms with Crippen LogP contribution in [0.3, 0.4) is 0 Å². The quantitative estimate of drug-likeness (QED) is 0.315. The fourth-order valence-electron chi connectivity index (χ4n) is 3.59. The third-order valence-electron chi connectivity index (χ3n) is 5.32. The van der Waals surface area contributed by atoms with E-state index in [1.165, 1.54) is 49.5 Å². The van der Waals surface area contributed by atoms with E-state index in [1.54, 1.807) is 41.4 Å². The van der Waals surface area contributed by atoms with E-state index in [9.17, 15) is 14.9 Å². The smallest absolute Gasteiger partial charge is 0.294 e. The summed E-state index contributed by atoms with van der Waals surface area (Å²) in [6, 6.07) is 8.87. The van der Waals surface area contributed by atoms with Gasteiger partial charge >= 0.3 is 0 Å². The number of nitro benzene ring substituents is 1. The highest BCUT2D eigenvalue weighted by Crippen LogP contribution is 2.30. The van der Waals surface area contributed by atoms with E-state index in [0.717, 1.165) is 0 Å². The second-order valence-corrected chi connectivity index (χ2v) is 7.38. The Morgan fingerprint density at radius 3 is 2.38 bits per heavy atom. The minimum atomic E-state index is -0.677. The number of nitro groups is 1. The molecule has 0 aliphatic heterocycles. The van der Waals surface area contributed by atoms with Crippen molar-refractivity contribution in [3.8, 4) is 17.2 Å². The van der Waals surface area contributed by atoms with Gasteiger partial charge in [0, 0.05) is 49.5 Å². The van der Waals surface area contributed by atoms with Crippen LogP contribution in [-0.4, -0.2) is 44.2 Å². The molecule has 1 atom stereocenters. The summed E-state index contributed by atoms with van der Waals surface area (Å²) in [7, 11) is 4.88. The second kappa shape index (κ2) is 9.45. The van der Waals surface area contributed by atoms with Crippen LogP contribution < -0.4 is 14.8 Å². The number of hydrogen-bond donors (Lipinski definition) is 1. The van der Waals surface area contributed by atoms with Gasteiger partial charge in [-0.25, -0.2) is 9.97 Å². The molecular formula is C23H22N6O5. The number of nitrogens with zero attached hydrogens (tertiary/aromatic N) is 5. The first-order valence-electron chi connectivity index (χ1n) is 10.2. The predicted molar refractivity (Wildman–Crippen MR) is 122 cm³/mol. The number of carbonyl (C=O) groups is 1. The lowest BCUT2D eigenvalue weighted by molar-refractivity contribution is -0.384. The molecule has 11 nitrogen and oxygen atoms in total. The van der Waals surface area contributed by atoms with Crippen LogP contribution in [-0.2, 0) is 7.05 Å². The molecule has 1 amide bonds. The number of amides is 1. The van der Waals surface area contributed by atoms with Crippen LogP contribution in [0.2, 0.25) is 0 Å². The number of rotatable bonds is 8. The Hall–Kier alpha value is -4.67. The van der Waals surface area contributed by atoms with E-state index in [0.29, 0.717) is 28.6 Å². The Balaban J connectivity index is 1.73. The zero-order valence-electron chi connectivity index (χ0n) is 18.7. The van der Waals surface area contributed by atoms with Gasteiger partial charge in [0.25, 0.3) is 11.6 Å². The van der Waals surface area contributed by atoms with Crippen molar-refractivity contribution in [3.05, 3.63) is 94.6 Å². The Bertz CT molecular complexity index is 1310. The van der Waals surface area contributed by atoms with Crippen molar-refractivity contribution in [2.45, 2.75) is 6.04 Å². The van der Waals surface area contributed by atoms with Crippen LogP contribution in [0.1, 0.15) is 27.8 Å². The van der Waals surface area contributed by atoms with Crippen molar-refractivity contribution >= 4 is 11.6 Å². The van der Waals surface area contributed by atoms with Crippen molar-refractivity contribution in [2.75, 3.05) is 14.2 Å². The molecule has 0 radical (unpaired) electrons. The summed E-state index contributed by atoms with van der Waals surface area (Å²) >= 11 is 0. The van der Waals surface area contributed by atoms with Crippen LogP contribution >= 0.6 is 0 Å². The lowest BCUT2D eigenvalue weighted by atomic mass is 10.0. The maximum atomic E-state index is 13.3. The third-order valence-corrected chi connectivity index (χ3v) is 5.32. The van der Waals surface area contributed by atoms with Gasteiger partial charge in [0.05, 0.1) is 25.5 Å². The number of aromatic nitrogens is 4. The molecular weight excluding hydrogens is 440 g/mol. The van der Waals surface area contributed by atoms with Crippen LogP contribution in [0.4, 0.5) is 5.69 Å². The molecule has 0 aliphatic rings. The van der Waals surface area contributed by atoms with E-state index < -0.39 is 16.9 Å². The molecule has 0 saturated heterocycles. The summed E-state index contributed by atoms with van der Waals surface area (Å²) in [4.78, 5) is 32.8. The monoisotopic (exact) mass is 462 g/mol. The summed E-state index contributed by atoms with van der Waals surface area (Å²) < 4.78 is 14.0. The molecule has 0 saturated carbocycles.